The molecule has 78 valence electrons. The Morgan fingerprint density at radius 2 is 1.57 bits per heavy atom. The van der Waals surface area contributed by atoms with Crippen LogP contribution in [0.25, 0.3) is 0 Å². The van der Waals surface area contributed by atoms with Gasteiger partial charge in [0.25, 0.3) is 0 Å². The fraction of sp³-hybridized carbons (Fsp3) is 0.462. The van der Waals surface area contributed by atoms with Gasteiger partial charge in [0, 0.05) is 0 Å². The minimum Gasteiger partial charge on any atom is -0.300 e. The topological polar surface area (TPSA) is 17.1 Å². The Balaban J connectivity index is 0.000000364. The fourth-order valence-electron chi connectivity index (χ4n) is 1.23. The molecule has 0 amide bonds. The van der Waals surface area contributed by atoms with Gasteiger partial charge >= 0.3 is 0 Å². The van der Waals surface area contributed by atoms with Gasteiger partial charge in [-0.15, -0.1) is 0 Å². The van der Waals surface area contributed by atoms with E-state index in [0.717, 1.165) is 0 Å². The lowest BCUT2D eigenvalue weighted by Crippen LogP contribution is -1.89. The number of aryl methyl sites for hydroxylation is 1. The van der Waals surface area contributed by atoms with Crippen molar-refractivity contribution in [3.8, 4) is 0 Å². The zero-order valence-electron chi connectivity index (χ0n) is 9.79. The van der Waals surface area contributed by atoms with Gasteiger partial charge < -0.3 is 4.79 Å². The molecular weight excluding hydrogens is 172 g/mol. The van der Waals surface area contributed by atoms with Crippen molar-refractivity contribution in [3.63, 3.8) is 0 Å². The first-order chi connectivity index (χ1) is 6.45. The van der Waals surface area contributed by atoms with Gasteiger partial charge in [-0.1, -0.05) is 38.1 Å². The lowest BCUT2D eigenvalue weighted by atomic mass is 9.99. The van der Waals surface area contributed by atoms with Gasteiger partial charge in [0.1, 0.15) is 5.78 Å². The zero-order valence-corrected chi connectivity index (χ0v) is 9.79. The summed E-state index contributed by atoms with van der Waals surface area (Å²) < 4.78 is 0. The molecule has 1 aromatic carbocycles. The number of hydrogen-bond donors (Lipinski definition) is 0. The lowest BCUT2D eigenvalue weighted by molar-refractivity contribution is -0.114. The highest BCUT2D eigenvalue weighted by Crippen LogP contribution is 2.17. The van der Waals surface area contributed by atoms with Gasteiger partial charge in [0.05, 0.1) is 0 Å². The van der Waals surface area contributed by atoms with E-state index in [1.165, 1.54) is 25.0 Å². The Morgan fingerprint density at radius 1 is 1.14 bits per heavy atom. The third kappa shape index (κ3) is 5.52. The molecule has 0 aromatic heterocycles. The second-order valence-corrected chi connectivity index (χ2v) is 3.92. The molecule has 1 heteroatoms. The molecule has 0 spiro atoms. The highest BCUT2D eigenvalue weighted by atomic mass is 16.1. The van der Waals surface area contributed by atoms with Crippen LogP contribution in [0.2, 0.25) is 0 Å². The third-order valence-electron chi connectivity index (χ3n) is 1.81. The zero-order chi connectivity index (χ0) is 11.1. The molecule has 0 unspecified atom stereocenters. The molecule has 0 atom stereocenters. The van der Waals surface area contributed by atoms with Gasteiger partial charge in [-0.3, -0.25) is 0 Å². The van der Waals surface area contributed by atoms with E-state index in [9.17, 15) is 4.79 Å². The maximum Gasteiger partial charge on any atom is 0.126 e. The molecule has 1 rings (SSSR count). The Bertz CT molecular complexity index is 283. The largest absolute Gasteiger partial charge is 0.300 e. The van der Waals surface area contributed by atoms with Crippen LogP contribution >= 0.6 is 0 Å². The summed E-state index contributed by atoms with van der Waals surface area (Å²) in [7, 11) is 0. The van der Waals surface area contributed by atoms with Crippen LogP contribution in [0, 0.1) is 6.92 Å². The maximum absolute atomic E-state index is 9.44. The van der Waals surface area contributed by atoms with Crippen LogP contribution in [0.15, 0.2) is 24.3 Å². The number of hydrogen-bond acceptors (Lipinski definition) is 1. The molecule has 0 bridgehead atoms. The van der Waals surface area contributed by atoms with Crippen molar-refractivity contribution in [2.75, 3.05) is 0 Å². The number of rotatable bonds is 1. The van der Waals surface area contributed by atoms with Crippen LogP contribution in [-0.2, 0) is 4.79 Å². The minimum atomic E-state index is 0.167. The van der Waals surface area contributed by atoms with E-state index < -0.39 is 0 Å². The smallest absolute Gasteiger partial charge is 0.126 e. The van der Waals surface area contributed by atoms with Crippen molar-refractivity contribution < 1.29 is 4.79 Å². The second kappa shape index (κ2) is 6.36. The van der Waals surface area contributed by atoms with Crippen molar-refractivity contribution in [3.05, 3.63) is 35.4 Å². The third-order valence-corrected chi connectivity index (χ3v) is 1.81. The number of benzene rings is 1. The molecule has 14 heavy (non-hydrogen) atoms. The van der Waals surface area contributed by atoms with Crippen LogP contribution in [0.5, 0.6) is 0 Å². The first-order valence-electron chi connectivity index (χ1n) is 4.97. The van der Waals surface area contributed by atoms with Crippen LogP contribution in [0.1, 0.15) is 44.7 Å². The van der Waals surface area contributed by atoms with E-state index in [1.54, 1.807) is 0 Å². The van der Waals surface area contributed by atoms with Crippen molar-refractivity contribution in [1.29, 1.82) is 0 Å². The Labute approximate surface area is 87.2 Å². The van der Waals surface area contributed by atoms with Crippen LogP contribution in [-0.4, -0.2) is 5.78 Å². The normalized spacial score (nSPS) is 9.29. The first kappa shape index (κ1) is 12.9. The number of ketones is 1. The summed E-state index contributed by atoms with van der Waals surface area (Å²) in [5, 5.41) is 0. The SMILES string of the molecule is CC(C)=O.Cc1ccccc1C(C)C. The highest BCUT2D eigenvalue weighted by Gasteiger charge is 1.99. The van der Waals surface area contributed by atoms with Gasteiger partial charge in [-0.05, 0) is 37.8 Å². The van der Waals surface area contributed by atoms with E-state index >= 15 is 0 Å². The Morgan fingerprint density at radius 3 is 1.86 bits per heavy atom. The molecule has 0 saturated carbocycles. The quantitative estimate of drug-likeness (QED) is 0.663. The van der Waals surface area contributed by atoms with Crippen molar-refractivity contribution in [2.24, 2.45) is 0 Å². The lowest BCUT2D eigenvalue weighted by Gasteiger charge is -2.07. The standard InChI is InChI=1S/C10H14.C3H6O/c1-8(2)10-7-5-4-6-9(10)3;1-3(2)4/h4-8H,1-3H3;1-2H3. The minimum absolute atomic E-state index is 0.167. The molecular formula is C13H20O. The average molecular weight is 192 g/mol. The van der Waals surface area contributed by atoms with Gasteiger partial charge in [-0.2, -0.15) is 0 Å². The van der Waals surface area contributed by atoms with Gasteiger partial charge in [0.15, 0.2) is 0 Å². The molecule has 0 saturated heterocycles. The summed E-state index contributed by atoms with van der Waals surface area (Å²) in [6.45, 7) is 9.67. The maximum atomic E-state index is 9.44. The highest BCUT2D eigenvalue weighted by molar-refractivity contribution is 5.72. The first-order valence-corrected chi connectivity index (χ1v) is 4.97. The summed E-state index contributed by atoms with van der Waals surface area (Å²) >= 11 is 0. The molecule has 0 heterocycles. The molecule has 0 fully saturated rings. The van der Waals surface area contributed by atoms with E-state index in [0.29, 0.717) is 5.92 Å². The van der Waals surface area contributed by atoms with E-state index in [2.05, 4.69) is 45.0 Å². The molecule has 0 radical (unpaired) electrons. The monoisotopic (exact) mass is 192 g/mol. The Kier molecular flexibility index (Phi) is 5.86. The van der Waals surface area contributed by atoms with Gasteiger partial charge in [0.2, 0.25) is 0 Å². The average Bonchev–Trinajstić information content (AvgIpc) is 2.03. The van der Waals surface area contributed by atoms with Crippen molar-refractivity contribution in [2.45, 2.75) is 40.5 Å². The van der Waals surface area contributed by atoms with Crippen LogP contribution in [0.4, 0.5) is 0 Å². The van der Waals surface area contributed by atoms with Crippen molar-refractivity contribution in [1.82, 2.24) is 0 Å². The van der Waals surface area contributed by atoms with E-state index in [-0.39, 0.29) is 5.78 Å². The second-order valence-electron chi connectivity index (χ2n) is 3.92. The molecule has 0 aliphatic rings. The summed E-state index contributed by atoms with van der Waals surface area (Å²) in [5.41, 5.74) is 2.86. The molecule has 1 nitrogen and oxygen atoms in total. The van der Waals surface area contributed by atoms with Gasteiger partial charge in [-0.25, -0.2) is 0 Å². The summed E-state index contributed by atoms with van der Waals surface area (Å²) in [4.78, 5) is 9.44. The fourth-order valence-corrected chi connectivity index (χ4v) is 1.23. The number of Topliss-reactive ketones (excluding diaryl/α,β-unsaturated/α-hetero) is 1. The summed E-state index contributed by atoms with van der Waals surface area (Å²) in [6, 6.07) is 8.54. The molecule has 0 aliphatic carbocycles. The van der Waals surface area contributed by atoms with E-state index in [1.807, 2.05) is 0 Å². The summed E-state index contributed by atoms with van der Waals surface area (Å²) in [5.74, 6) is 0.821. The van der Waals surface area contributed by atoms with Crippen LogP contribution in [0.3, 0.4) is 0 Å². The number of carbonyl (C=O) groups is 1. The van der Waals surface area contributed by atoms with E-state index in [4.69, 9.17) is 0 Å². The predicted molar refractivity (Wildman–Crippen MR) is 61.6 cm³/mol. The Hall–Kier alpha value is -1.11. The summed E-state index contributed by atoms with van der Waals surface area (Å²) in [6.07, 6.45) is 0. The van der Waals surface area contributed by atoms with Crippen LogP contribution < -0.4 is 0 Å². The number of carbonyl (C=O) groups excluding carboxylic acids is 1. The molecule has 0 N–H and O–H groups in total. The predicted octanol–water partition coefficient (Wildman–Crippen LogP) is 3.71. The molecule has 1 aromatic rings. The van der Waals surface area contributed by atoms with Crippen molar-refractivity contribution >= 4 is 5.78 Å². The molecule has 0 aliphatic heterocycles.